The van der Waals surface area contributed by atoms with Crippen LogP contribution in [0, 0.1) is 0 Å². The molecular weight excluding hydrogens is 306 g/mol. The van der Waals surface area contributed by atoms with E-state index in [1.54, 1.807) is 0 Å². The number of benzene rings is 1. The summed E-state index contributed by atoms with van der Waals surface area (Å²) < 4.78 is 0. The van der Waals surface area contributed by atoms with Gasteiger partial charge in [-0.05, 0) is 62.7 Å². The first-order chi connectivity index (χ1) is 11.1. The number of pyridine rings is 1. The van der Waals surface area contributed by atoms with Gasteiger partial charge in [0.25, 0.3) is 0 Å². The van der Waals surface area contributed by atoms with E-state index in [2.05, 4.69) is 47.0 Å². The van der Waals surface area contributed by atoms with Crippen molar-refractivity contribution < 1.29 is 0 Å². The van der Waals surface area contributed by atoms with Crippen LogP contribution >= 0.6 is 11.6 Å². The van der Waals surface area contributed by atoms with E-state index in [9.17, 15) is 0 Å². The topological polar surface area (TPSA) is 19.4 Å². The fourth-order valence-electron chi connectivity index (χ4n) is 3.36. The smallest absolute Gasteiger partial charge is 0.0407 e. The predicted octanol–water partition coefficient (Wildman–Crippen LogP) is 4.40. The highest BCUT2D eigenvalue weighted by atomic mass is 35.5. The normalized spacial score (nSPS) is 17.5. The van der Waals surface area contributed by atoms with E-state index >= 15 is 0 Å². The summed E-state index contributed by atoms with van der Waals surface area (Å²) in [5.41, 5.74) is 2.56. The summed E-state index contributed by atoms with van der Waals surface area (Å²) in [6, 6.07) is 13.4. The molecule has 1 aliphatic rings. The van der Waals surface area contributed by atoms with Crippen LogP contribution in [0.3, 0.4) is 0 Å². The van der Waals surface area contributed by atoms with Gasteiger partial charge >= 0.3 is 0 Å². The van der Waals surface area contributed by atoms with Crippen LogP contribution in [0.5, 0.6) is 0 Å². The molecule has 1 aliphatic heterocycles. The molecule has 0 spiro atoms. The number of rotatable bonds is 4. The Morgan fingerprint density at radius 1 is 1.17 bits per heavy atom. The van der Waals surface area contributed by atoms with Crippen LogP contribution in [0.15, 0.2) is 48.8 Å². The van der Waals surface area contributed by atoms with Crippen LogP contribution in [0.25, 0.3) is 0 Å². The molecule has 3 rings (SSSR count). The molecule has 122 valence electrons. The molecule has 3 nitrogen and oxygen atoms in total. The van der Waals surface area contributed by atoms with Gasteiger partial charge in [0, 0.05) is 48.3 Å². The summed E-state index contributed by atoms with van der Waals surface area (Å²) in [5.74, 6) is 0. The fourth-order valence-corrected chi connectivity index (χ4v) is 3.48. The van der Waals surface area contributed by atoms with Gasteiger partial charge in [-0.15, -0.1) is 0 Å². The molecular formula is C19H24ClN3. The summed E-state index contributed by atoms with van der Waals surface area (Å²) in [4.78, 5) is 9.20. The maximum atomic E-state index is 5.98. The van der Waals surface area contributed by atoms with E-state index in [4.69, 9.17) is 11.6 Å². The molecule has 1 aromatic heterocycles. The van der Waals surface area contributed by atoms with Crippen LogP contribution in [-0.2, 0) is 0 Å². The van der Waals surface area contributed by atoms with Crippen molar-refractivity contribution in [3.05, 3.63) is 59.4 Å². The van der Waals surface area contributed by atoms with E-state index < -0.39 is 0 Å². The van der Waals surface area contributed by atoms with E-state index in [0.717, 1.165) is 18.1 Å². The third-order valence-electron chi connectivity index (χ3n) is 5.01. The molecule has 0 aliphatic carbocycles. The van der Waals surface area contributed by atoms with Gasteiger partial charge in [0.15, 0.2) is 0 Å². The first-order valence-electron chi connectivity index (χ1n) is 8.27. The Morgan fingerprint density at radius 2 is 1.87 bits per heavy atom. The van der Waals surface area contributed by atoms with Gasteiger partial charge in [-0.1, -0.05) is 17.7 Å². The lowest BCUT2D eigenvalue weighted by atomic mass is 9.99. The van der Waals surface area contributed by atoms with Crippen LogP contribution < -0.4 is 4.90 Å². The van der Waals surface area contributed by atoms with E-state index in [-0.39, 0.29) is 0 Å². The first kappa shape index (κ1) is 16.3. The Kier molecular flexibility index (Phi) is 5.19. The Hall–Kier alpha value is -1.58. The predicted molar refractivity (Wildman–Crippen MR) is 97.1 cm³/mol. The number of aromatic nitrogens is 1. The van der Waals surface area contributed by atoms with Gasteiger partial charge in [-0.3, -0.25) is 9.88 Å². The Labute approximate surface area is 143 Å². The molecule has 1 fully saturated rings. The van der Waals surface area contributed by atoms with Crippen LogP contribution in [0.4, 0.5) is 5.69 Å². The Bertz CT molecular complexity index is 606. The highest BCUT2D eigenvalue weighted by molar-refractivity contribution is 6.30. The van der Waals surface area contributed by atoms with Crippen LogP contribution in [-0.4, -0.2) is 36.1 Å². The third-order valence-corrected chi connectivity index (χ3v) is 5.26. The average molecular weight is 330 g/mol. The molecule has 1 saturated heterocycles. The van der Waals surface area contributed by atoms with Gasteiger partial charge in [0.2, 0.25) is 0 Å². The van der Waals surface area contributed by atoms with Gasteiger partial charge in [0.1, 0.15) is 0 Å². The number of nitrogens with zero attached hydrogens (tertiary/aromatic N) is 3. The van der Waals surface area contributed by atoms with Gasteiger partial charge in [-0.2, -0.15) is 0 Å². The standard InChI is InChI=1S/C19H24ClN3/c1-15(16-4-3-11-21-14-16)22(2)18-9-12-23(13-10-18)19-7-5-17(20)6-8-19/h3-8,11,14-15,18H,9-10,12-13H2,1-2H3. The number of halogens is 1. The van der Waals surface area contributed by atoms with Crippen molar-refractivity contribution in [2.45, 2.75) is 31.8 Å². The Balaban J connectivity index is 1.59. The van der Waals surface area contributed by atoms with Crippen molar-refractivity contribution in [2.24, 2.45) is 0 Å². The second-order valence-corrected chi connectivity index (χ2v) is 6.76. The molecule has 0 N–H and O–H groups in total. The minimum Gasteiger partial charge on any atom is -0.371 e. The maximum Gasteiger partial charge on any atom is 0.0407 e. The minimum absolute atomic E-state index is 0.399. The minimum atomic E-state index is 0.399. The zero-order chi connectivity index (χ0) is 16.2. The molecule has 0 radical (unpaired) electrons. The van der Waals surface area contributed by atoms with Crippen LogP contribution in [0.2, 0.25) is 5.02 Å². The molecule has 1 atom stereocenters. The molecule has 2 aromatic rings. The quantitative estimate of drug-likeness (QED) is 0.829. The van der Waals surface area contributed by atoms with Crippen LogP contribution in [0.1, 0.15) is 31.4 Å². The van der Waals surface area contributed by atoms with Gasteiger partial charge in [-0.25, -0.2) is 0 Å². The summed E-state index contributed by atoms with van der Waals surface area (Å²) >= 11 is 5.98. The Morgan fingerprint density at radius 3 is 2.48 bits per heavy atom. The number of hydrogen-bond donors (Lipinski definition) is 0. The lowest BCUT2D eigenvalue weighted by molar-refractivity contribution is 0.159. The number of anilines is 1. The van der Waals surface area contributed by atoms with E-state index in [0.29, 0.717) is 12.1 Å². The highest BCUT2D eigenvalue weighted by Gasteiger charge is 2.25. The molecule has 0 saturated carbocycles. The van der Waals surface area contributed by atoms with Crippen molar-refractivity contribution in [1.29, 1.82) is 0 Å². The highest BCUT2D eigenvalue weighted by Crippen LogP contribution is 2.27. The summed E-state index contributed by atoms with van der Waals surface area (Å²) in [6.07, 6.45) is 6.18. The molecule has 1 unspecified atom stereocenters. The van der Waals surface area contributed by atoms with Crippen molar-refractivity contribution in [2.75, 3.05) is 25.0 Å². The number of hydrogen-bond acceptors (Lipinski definition) is 3. The van der Waals surface area contributed by atoms with Crippen molar-refractivity contribution >= 4 is 17.3 Å². The van der Waals surface area contributed by atoms with Gasteiger partial charge in [0.05, 0.1) is 0 Å². The van der Waals surface area contributed by atoms with E-state index in [1.807, 2.05) is 30.6 Å². The average Bonchev–Trinajstić information content (AvgIpc) is 2.62. The summed E-state index contributed by atoms with van der Waals surface area (Å²) in [5, 5.41) is 0.800. The fraction of sp³-hybridized carbons (Fsp3) is 0.421. The lowest BCUT2D eigenvalue weighted by Gasteiger charge is -2.40. The summed E-state index contributed by atoms with van der Waals surface area (Å²) in [7, 11) is 2.24. The summed E-state index contributed by atoms with van der Waals surface area (Å²) in [6.45, 7) is 4.45. The molecule has 1 aromatic carbocycles. The third kappa shape index (κ3) is 3.85. The van der Waals surface area contributed by atoms with Crippen molar-refractivity contribution in [3.8, 4) is 0 Å². The molecule has 0 bridgehead atoms. The van der Waals surface area contributed by atoms with E-state index in [1.165, 1.54) is 24.1 Å². The zero-order valence-corrected chi connectivity index (χ0v) is 14.6. The number of piperidine rings is 1. The molecule has 0 amide bonds. The molecule has 4 heteroatoms. The van der Waals surface area contributed by atoms with Gasteiger partial charge < -0.3 is 4.90 Å². The monoisotopic (exact) mass is 329 g/mol. The maximum absolute atomic E-state index is 5.98. The largest absolute Gasteiger partial charge is 0.371 e. The molecule has 23 heavy (non-hydrogen) atoms. The zero-order valence-electron chi connectivity index (χ0n) is 13.8. The SMILES string of the molecule is CC(c1cccnc1)N(C)C1CCN(c2ccc(Cl)cc2)CC1. The first-order valence-corrected chi connectivity index (χ1v) is 8.65. The van der Waals surface area contributed by atoms with Crippen molar-refractivity contribution in [3.63, 3.8) is 0 Å². The second-order valence-electron chi connectivity index (χ2n) is 6.32. The molecule has 2 heterocycles. The van der Waals surface area contributed by atoms with Crippen molar-refractivity contribution in [1.82, 2.24) is 9.88 Å². The lowest BCUT2D eigenvalue weighted by Crippen LogP contribution is -2.44. The second kappa shape index (κ2) is 7.33.